The first kappa shape index (κ1) is 13.5. The molecule has 1 saturated carbocycles. The van der Waals surface area contributed by atoms with Crippen LogP contribution in [-0.2, 0) is 9.53 Å². The molecule has 0 unspecified atom stereocenters. The van der Waals surface area contributed by atoms with Gasteiger partial charge < -0.3 is 15.4 Å². The summed E-state index contributed by atoms with van der Waals surface area (Å²) in [6.45, 7) is 2.06. The SMILES string of the molecule is COCCN(C)C(=O)C1CCC(CN)CC1. The average Bonchev–Trinajstić information content (AvgIpc) is 2.35. The van der Waals surface area contributed by atoms with Gasteiger partial charge in [0.25, 0.3) is 0 Å². The van der Waals surface area contributed by atoms with Crippen LogP contribution in [0.5, 0.6) is 0 Å². The molecule has 2 N–H and O–H groups in total. The highest BCUT2D eigenvalue weighted by molar-refractivity contribution is 5.78. The van der Waals surface area contributed by atoms with Crippen molar-refractivity contribution in [2.24, 2.45) is 17.6 Å². The molecule has 4 nitrogen and oxygen atoms in total. The van der Waals surface area contributed by atoms with E-state index in [1.165, 1.54) is 0 Å². The Morgan fingerprint density at radius 1 is 1.38 bits per heavy atom. The van der Waals surface area contributed by atoms with Gasteiger partial charge in [-0.1, -0.05) is 0 Å². The first-order valence-electron chi connectivity index (χ1n) is 6.13. The molecule has 0 aromatic carbocycles. The van der Waals surface area contributed by atoms with Crippen molar-refractivity contribution in [3.8, 4) is 0 Å². The van der Waals surface area contributed by atoms with Gasteiger partial charge in [-0.3, -0.25) is 4.79 Å². The summed E-state index contributed by atoms with van der Waals surface area (Å²) in [4.78, 5) is 13.8. The van der Waals surface area contributed by atoms with Gasteiger partial charge in [0.15, 0.2) is 0 Å². The Morgan fingerprint density at radius 2 is 2.00 bits per heavy atom. The maximum absolute atomic E-state index is 12.0. The van der Waals surface area contributed by atoms with Gasteiger partial charge in [0.05, 0.1) is 6.61 Å². The van der Waals surface area contributed by atoms with E-state index in [0.717, 1.165) is 32.2 Å². The summed E-state index contributed by atoms with van der Waals surface area (Å²) in [6.07, 6.45) is 4.20. The Kier molecular flexibility index (Phi) is 5.77. The lowest BCUT2D eigenvalue weighted by Crippen LogP contribution is -2.37. The van der Waals surface area contributed by atoms with Gasteiger partial charge in [0, 0.05) is 26.6 Å². The van der Waals surface area contributed by atoms with Crippen LogP contribution in [0.1, 0.15) is 25.7 Å². The highest BCUT2D eigenvalue weighted by Gasteiger charge is 2.27. The molecule has 1 aliphatic carbocycles. The number of hydrogen-bond donors (Lipinski definition) is 1. The minimum Gasteiger partial charge on any atom is -0.383 e. The van der Waals surface area contributed by atoms with Gasteiger partial charge in [-0.25, -0.2) is 0 Å². The molecule has 0 atom stereocenters. The number of likely N-dealkylation sites (N-methyl/N-ethyl adjacent to an activating group) is 1. The number of amides is 1. The topological polar surface area (TPSA) is 55.6 Å². The minimum atomic E-state index is 0.213. The number of nitrogens with zero attached hydrogens (tertiary/aromatic N) is 1. The Morgan fingerprint density at radius 3 is 2.50 bits per heavy atom. The van der Waals surface area contributed by atoms with Crippen molar-refractivity contribution in [3.63, 3.8) is 0 Å². The van der Waals surface area contributed by atoms with Crippen LogP contribution in [0.25, 0.3) is 0 Å². The van der Waals surface area contributed by atoms with E-state index in [1.807, 2.05) is 7.05 Å². The van der Waals surface area contributed by atoms with Crippen LogP contribution in [0.15, 0.2) is 0 Å². The molecule has 0 aromatic rings. The number of nitrogens with two attached hydrogens (primary N) is 1. The molecule has 0 aliphatic heterocycles. The molecule has 0 spiro atoms. The molecule has 0 aromatic heterocycles. The molecule has 1 rings (SSSR count). The molecule has 0 radical (unpaired) electrons. The van der Waals surface area contributed by atoms with Crippen LogP contribution in [-0.4, -0.2) is 44.7 Å². The van der Waals surface area contributed by atoms with Crippen molar-refractivity contribution in [3.05, 3.63) is 0 Å². The number of carbonyl (C=O) groups is 1. The van der Waals surface area contributed by atoms with Crippen LogP contribution in [0, 0.1) is 11.8 Å². The monoisotopic (exact) mass is 228 g/mol. The lowest BCUT2D eigenvalue weighted by molar-refractivity contribution is -0.136. The van der Waals surface area contributed by atoms with Crippen LogP contribution < -0.4 is 5.73 Å². The number of ether oxygens (including phenoxy) is 1. The van der Waals surface area contributed by atoms with E-state index in [2.05, 4.69) is 0 Å². The fourth-order valence-corrected chi connectivity index (χ4v) is 2.30. The van der Waals surface area contributed by atoms with E-state index in [0.29, 0.717) is 19.1 Å². The maximum atomic E-state index is 12.0. The predicted molar refractivity (Wildman–Crippen MR) is 64.0 cm³/mol. The van der Waals surface area contributed by atoms with E-state index >= 15 is 0 Å². The van der Waals surface area contributed by atoms with Crippen molar-refractivity contribution in [1.82, 2.24) is 4.90 Å². The Balaban J connectivity index is 2.32. The van der Waals surface area contributed by atoms with Gasteiger partial charge in [-0.2, -0.15) is 0 Å². The zero-order chi connectivity index (χ0) is 12.0. The average molecular weight is 228 g/mol. The summed E-state index contributed by atoms with van der Waals surface area (Å²) in [6, 6.07) is 0. The number of carbonyl (C=O) groups excluding carboxylic acids is 1. The lowest BCUT2D eigenvalue weighted by Gasteiger charge is -2.29. The van der Waals surface area contributed by atoms with E-state index in [1.54, 1.807) is 12.0 Å². The molecule has 1 fully saturated rings. The van der Waals surface area contributed by atoms with Gasteiger partial charge in [0.2, 0.25) is 5.91 Å². The molecule has 16 heavy (non-hydrogen) atoms. The predicted octanol–water partition coefficient (Wildman–Crippen LogP) is 0.856. The summed E-state index contributed by atoms with van der Waals surface area (Å²) in [5, 5.41) is 0. The first-order valence-corrected chi connectivity index (χ1v) is 6.13. The highest BCUT2D eigenvalue weighted by atomic mass is 16.5. The summed E-state index contributed by atoms with van der Waals surface area (Å²) in [5.41, 5.74) is 5.64. The van der Waals surface area contributed by atoms with Crippen molar-refractivity contribution >= 4 is 5.91 Å². The van der Waals surface area contributed by atoms with E-state index in [9.17, 15) is 4.79 Å². The van der Waals surface area contributed by atoms with E-state index < -0.39 is 0 Å². The maximum Gasteiger partial charge on any atom is 0.225 e. The van der Waals surface area contributed by atoms with Gasteiger partial charge >= 0.3 is 0 Å². The molecule has 1 amide bonds. The molecule has 0 saturated heterocycles. The second kappa shape index (κ2) is 6.86. The van der Waals surface area contributed by atoms with Crippen molar-refractivity contribution < 1.29 is 9.53 Å². The third-order valence-corrected chi connectivity index (χ3v) is 3.54. The highest BCUT2D eigenvalue weighted by Crippen LogP contribution is 2.29. The third-order valence-electron chi connectivity index (χ3n) is 3.54. The molecule has 0 bridgehead atoms. The van der Waals surface area contributed by atoms with E-state index in [-0.39, 0.29) is 11.8 Å². The normalized spacial score (nSPS) is 25.4. The molecule has 1 aliphatic rings. The van der Waals surface area contributed by atoms with Gasteiger partial charge in [-0.05, 0) is 38.1 Å². The quantitative estimate of drug-likeness (QED) is 0.759. The van der Waals surface area contributed by atoms with Crippen molar-refractivity contribution in [2.45, 2.75) is 25.7 Å². The molecular weight excluding hydrogens is 204 g/mol. The number of methoxy groups -OCH3 is 1. The fourth-order valence-electron chi connectivity index (χ4n) is 2.30. The molecule has 94 valence electrons. The Hall–Kier alpha value is -0.610. The van der Waals surface area contributed by atoms with Crippen LogP contribution in [0.3, 0.4) is 0 Å². The summed E-state index contributed by atoms with van der Waals surface area (Å²) in [5.74, 6) is 1.12. The van der Waals surface area contributed by atoms with Crippen molar-refractivity contribution in [2.75, 3.05) is 33.9 Å². The largest absolute Gasteiger partial charge is 0.383 e. The van der Waals surface area contributed by atoms with Crippen LogP contribution >= 0.6 is 0 Å². The summed E-state index contributed by atoms with van der Waals surface area (Å²) in [7, 11) is 3.52. The second-order valence-electron chi connectivity index (χ2n) is 4.71. The smallest absolute Gasteiger partial charge is 0.225 e. The minimum absolute atomic E-state index is 0.213. The summed E-state index contributed by atoms with van der Waals surface area (Å²) >= 11 is 0. The van der Waals surface area contributed by atoms with E-state index in [4.69, 9.17) is 10.5 Å². The summed E-state index contributed by atoms with van der Waals surface area (Å²) < 4.78 is 4.97. The first-order chi connectivity index (χ1) is 7.69. The number of hydrogen-bond acceptors (Lipinski definition) is 3. The van der Waals surface area contributed by atoms with Crippen molar-refractivity contribution in [1.29, 1.82) is 0 Å². The third kappa shape index (κ3) is 3.76. The zero-order valence-corrected chi connectivity index (χ0v) is 10.4. The second-order valence-corrected chi connectivity index (χ2v) is 4.71. The Labute approximate surface area is 98.1 Å². The van der Waals surface area contributed by atoms with Crippen LogP contribution in [0.2, 0.25) is 0 Å². The van der Waals surface area contributed by atoms with Gasteiger partial charge in [-0.15, -0.1) is 0 Å². The Bertz CT molecular complexity index is 213. The molecular formula is C12H24N2O2. The standard InChI is InChI=1S/C12H24N2O2/c1-14(7-8-16-2)12(15)11-5-3-10(9-13)4-6-11/h10-11H,3-9,13H2,1-2H3. The fraction of sp³-hybridized carbons (Fsp3) is 0.917. The number of rotatable bonds is 5. The molecule has 4 heteroatoms. The zero-order valence-electron chi connectivity index (χ0n) is 10.4. The van der Waals surface area contributed by atoms with Crippen LogP contribution in [0.4, 0.5) is 0 Å². The lowest BCUT2D eigenvalue weighted by atomic mass is 9.81. The van der Waals surface area contributed by atoms with Gasteiger partial charge in [0.1, 0.15) is 0 Å². The molecule has 0 heterocycles.